The van der Waals surface area contributed by atoms with Gasteiger partial charge in [-0.05, 0) is 0 Å². The third-order valence-corrected chi connectivity index (χ3v) is 1.90. The van der Waals surface area contributed by atoms with Gasteiger partial charge >= 0.3 is 12.6 Å². The molecule has 0 saturated heterocycles. The number of rotatable bonds is 3. The van der Waals surface area contributed by atoms with Gasteiger partial charge in [0, 0.05) is 6.20 Å². The molecule has 16 heavy (non-hydrogen) atoms. The quantitative estimate of drug-likeness (QED) is 0.778. The Hall–Kier alpha value is -1.50. The van der Waals surface area contributed by atoms with E-state index in [1.165, 1.54) is 0 Å². The number of alkyl halides is 2. The minimum Gasteiger partial charge on any atom is -0.465 e. The molecule has 0 unspecified atom stereocenters. The van der Waals surface area contributed by atoms with Gasteiger partial charge in [0.05, 0.1) is 17.7 Å². The molecule has 1 aromatic rings. The Kier molecular flexibility index (Phi) is 3.94. The van der Waals surface area contributed by atoms with E-state index < -0.39 is 29.3 Å². The first-order valence-electron chi connectivity index (χ1n) is 3.84. The smallest absolute Gasteiger partial charge is 0.388 e. The minimum absolute atomic E-state index is 0.372. The predicted octanol–water partition coefficient (Wildman–Crippen LogP) is 2.26. The van der Waals surface area contributed by atoms with Crippen molar-refractivity contribution in [1.82, 2.24) is 4.98 Å². The number of methoxy groups -OCH3 is 1. The summed E-state index contributed by atoms with van der Waals surface area (Å²) in [6.07, 6.45) is 0.787. The first-order chi connectivity index (χ1) is 7.47. The van der Waals surface area contributed by atoms with E-state index in [1.807, 2.05) is 0 Å². The molecule has 88 valence electrons. The number of aromatic nitrogens is 1. The van der Waals surface area contributed by atoms with E-state index in [0.717, 1.165) is 13.3 Å². The largest absolute Gasteiger partial charge is 0.465 e. The summed E-state index contributed by atoms with van der Waals surface area (Å²) < 4.78 is 44.9. The van der Waals surface area contributed by atoms with Gasteiger partial charge in [-0.25, -0.2) is 9.78 Å². The van der Waals surface area contributed by atoms with Gasteiger partial charge in [-0.3, -0.25) is 0 Å². The van der Waals surface area contributed by atoms with Gasteiger partial charge in [-0.1, -0.05) is 11.6 Å². The molecule has 0 aliphatic carbocycles. The Bertz CT molecular complexity index is 414. The molecule has 0 bridgehead atoms. The van der Waals surface area contributed by atoms with Crippen molar-refractivity contribution < 1.29 is 27.4 Å². The second-order valence-electron chi connectivity index (χ2n) is 2.48. The van der Waals surface area contributed by atoms with Crippen molar-refractivity contribution in [3.8, 4) is 5.88 Å². The summed E-state index contributed by atoms with van der Waals surface area (Å²) in [4.78, 5) is 14.2. The zero-order valence-electron chi connectivity index (χ0n) is 7.84. The average Bonchev–Trinajstić information content (AvgIpc) is 2.23. The lowest BCUT2D eigenvalue weighted by atomic mass is 10.3. The molecule has 0 amide bonds. The van der Waals surface area contributed by atoms with Gasteiger partial charge in [0.25, 0.3) is 5.88 Å². The van der Waals surface area contributed by atoms with Crippen LogP contribution in [0.4, 0.5) is 13.2 Å². The molecule has 0 radical (unpaired) electrons. The monoisotopic (exact) mass is 255 g/mol. The Balaban J connectivity index is 3.13. The van der Waals surface area contributed by atoms with Crippen molar-refractivity contribution in [2.24, 2.45) is 0 Å². The van der Waals surface area contributed by atoms with Gasteiger partial charge in [-0.15, -0.1) is 0 Å². The van der Waals surface area contributed by atoms with Crippen LogP contribution in [0.15, 0.2) is 6.20 Å². The molecule has 1 heterocycles. The van der Waals surface area contributed by atoms with Gasteiger partial charge in [-0.2, -0.15) is 13.2 Å². The summed E-state index contributed by atoms with van der Waals surface area (Å²) in [7, 11) is 1.06. The first kappa shape index (κ1) is 12.6. The third-order valence-electron chi connectivity index (χ3n) is 1.53. The molecule has 4 nitrogen and oxygen atoms in total. The van der Waals surface area contributed by atoms with Gasteiger partial charge in [0.1, 0.15) is 0 Å². The number of ether oxygens (including phenoxy) is 2. The fourth-order valence-electron chi connectivity index (χ4n) is 0.867. The highest BCUT2D eigenvalue weighted by Crippen LogP contribution is 2.27. The number of nitrogens with zero attached hydrogens (tertiary/aromatic N) is 1. The topological polar surface area (TPSA) is 48.4 Å². The van der Waals surface area contributed by atoms with Crippen molar-refractivity contribution in [2.45, 2.75) is 6.61 Å². The van der Waals surface area contributed by atoms with Crippen LogP contribution >= 0.6 is 11.6 Å². The molecule has 0 saturated carbocycles. The summed E-state index contributed by atoms with van der Waals surface area (Å²) in [5.41, 5.74) is -0.372. The molecule has 0 spiro atoms. The fourth-order valence-corrected chi connectivity index (χ4v) is 1.07. The Morgan fingerprint density at radius 3 is 2.69 bits per heavy atom. The number of esters is 1. The SMILES string of the molecule is COC(=O)c1cnc(OC(F)F)c(F)c1Cl. The highest BCUT2D eigenvalue weighted by molar-refractivity contribution is 6.33. The number of hydrogen-bond donors (Lipinski definition) is 0. The number of carbonyl (C=O) groups excluding carboxylic acids is 1. The van der Waals surface area contributed by atoms with Crippen LogP contribution in [-0.2, 0) is 4.74 Å². The van der Waals surface area contributed by atoms with Gasteiger partial charge in [0.15, 0.2) is 0 Å². The summed E-state index contributed by atoms with van der Waals surface area (Å²) >= 11 is 5.41. The van der Waals surface area contributed by atoms with Crippen LogP contribution in [-0.4, -0.2) is 24.7 Å². The summed E-state index contributed by atoms with van der Waals surface area (Å²) in [6.45, 7) is -3.23. The van der Waals surface area contributed by atoms with Crippen molar-refractivity contribution in [3.63, 3.8) is 0 Å². The summed E-state index contributed by atoms with van der Waals surface area (Å²) in [5, 5.41) is -0.683. The lowest BCUT2D eigenvalue weighted by Crippen LogP contribution is -2.09. The average molecular weight is 256 g/mol. The maximum Gasteiger partial charge on any atom is 0.388 e. The molecular formula is C8H5ClF3NO3. The molecule has 1 rings (SSSR count). The normalized spacial score (nSPS) is 10.4. The van der Waals surface area contributed by atoms with Crippen LogP contribution in [0, 0.1) is 5.82 Å². The predicted molar refractivity (Wildman–Crippen MR) is 47.2 cm³/mol. The van der Waals surface area contributed by atoms with Crippen LogP contribution in [0.3, 0.4) is 0 Å². The number of pyridine rings is 1. The summed E-state index contributed by atoms with van der Waals surface area (Å²) in [6, 6.07) is 0. The zero-order chi connectivity index (χ0) is 12.3. The molecule has 0 aliphatic rings. The number of halogens is 4. The maximum absolute atomic E-state index is 13.3. The lowest BCUT2D eigenvalue weighted by molar-refractivity contribution is -0.0553. The van der Waals surface area contributed by atoms with Crippen LogP contribution in [0.25, 0.3) is 0 Å². The Morgan fingerprint density at radius 1 is 1.56 bits per heavy atom. The van der Waals surface area contributed by atoms with Crippen LogP contribution in [0.2, 0.25) is 5.02 Å². The first-order valence-corrected chi connectivity index (χ1v) is 4.22. The van der Waals surface area contributed by atoms with E-state index in [9.17, 15) is 18.0 Å². The Labute approximate surface area is 92.9 Å². The van der Waals surface area contributed by atoms with Crippen molar-refractivity contribution in [2.75, 3.05) is 7.11 Å². The lowest BCUT2D eigenvalue weighted by Gasteiger charge is -2.07. The number of carbonyl (C=O) groups is 1. The molecular weight excluding hydrogens is 251 g/mol. The minimum atomic E-state index is -3.23. The number of hydrogen-bond acceptors (Lipinski definition) is 4. The van der Waals surface area contributed by atoms with E-state index in [-0.39, 0.29) is 5.56 Å². The molecule has 0 aliphatic heterocycles. The van der Waals surface area contributed by atoms with Crippen molar-refractivity contribution >= 4 is 17.6 Å². The van der Waals surface area contributed by atoms with Crippen molar-refractivity contribution in [3.05, 3.63) is 22.6 Å². The highest BCUT2D eigenvalue weighted by Gasteiger charge is 2.21. The van der Waals surface area contributed by atoms with Crippen LogP contribution in [0.1, 0.15) is 10.4 Å². The molecule has 0 atom stereocenters. The molecule has 1 aromatic heterocycles. The third kappa shape index (κ3) is 2.54. The van der Waals surface area contributed by atoms with Gasteiger partial charge < -0.3 is 9.47 Å². The van der Waals surface area contributed by atoms with Crippen molar-refractivity contribution in [1.29, 1.82) is 0 Å². The maximum atomic E-state index is 13.3. The molecule has 0 N–H and O–H groups in total. The van der Waals surface area contributed by atoms with Crippen LogP contribution < -0.4 is 4.74 Å². The fraction of sp³-hybridized carbons (Fsp3) is 0.250. The van der Waals surface area contributed by atoms with E-state index >= 15 is 0 Å². The standard InChI is InChI=1S/C8H5ClF3NO3/c1-15-7(14)3-2-13-6(16-8(11)12)5(10)4(3)9/h2,8H,1H3. The van der Waals surface area contributed by atoms with Crippen LogP contribution in [0.5, 0.6) is 5.88 Å². The van der Waals surface area contributed by atoms with E-state index in [2.05, 4.69) is 14.5 Å². The van der Waals surface area contributed by atoms with E-state index in [0.29, 0.717) is 0 Å². The summed E-state index contributed by atoms with van der Waals surface area (Å²) in [5.74, 6) is -3.25. The highest BCUT2D eigenvalue weighted by atomic mass is 35.5. The second kappa shape index (κ2) is 5.02. The van der Waals surface area contributed by atoms with Gasteiger partial charge in [0.2, 0.25) is 5.82 Å². The second-order valence-corrected chi connectivity index (χ2v) is 2.85. The molecule has 8 heteroatoms. The molecule has 0 aromatic carbocycles. The van der Waals surface area contributed by atoms with E-state index in [1.54, 1.807) is 0 Å². The van der Waals surface area contributed by atoms with E-state index in [4.69, 9.17) is 11.6 Å². The Morgan fingerprint density at radius 2 is 2.19 bits per heavy atom. The zero-order valence-corrected chi connectivity index (χ0v) is 8.59. The molecule has 0 fully saturated rings.